The molecule has 100 valence electrons. The molecule has 0 aliphatic carbocycles. The van der Waals surface area contributed by atoms with Gasteiger partial charge in [-0.1, -0.05) is 0 Å². The molecule has 5 heteroatoms. The number of carbonyl (C=O) groups excluding carboxylic acids is 1. The molecule has 0 spiro atoms. The summed E-state index contributed by atoms with van der Waals surface area (Å²) < 4.78 is 5.28. The molecular weight excluding hydrogens is 218 g/mol. The van der Waals surface area contributed by atoms with Crippen LogP contribution in [0.5, 0.6) is 0 Å². The van der Waals surface area contributed by atoms with Crippen molar-refractivity contribution in [2.45, 2.75) is 19.3 Å². The highest BCUT2D eigenvalue weighted by Crippen LogP contribution is 1.97. The number of amides is 1. The summed E-state index contributed by atoms with van der Waals surface area (Å²) in [5.41, 5.74) is 0. The fraction of sp³-hybridized carbons (Fsp3) is 0.917. The Balaban J connectivity index is 1.90. The van der Waals surface area contributed by atoms with E-state index in [-0.39, 0.29) is 5.91 Å². The molecule has 0 atom stereocenters. The van der Waals surface area contributed by atoms with Crippen molar-refractivity contribution in [3.05, 3.63) is 0 Å². The average molecular weight is 243 g/mol. The summed E-state index contributed by atoms with van der Waals surface area (Å²) in [6.45, 7) is 6.48. The molecule has 0 bridgehead atoms. The van der Waals surface area contributed by atoms with Crippen LogP contribution < -0.4 is 10.6 Å². The molecule has 1 rings (SSSR count). The van der Waals surface area contributed by atoms with E-state index in [4.69, 9.17) is 4.74 Å². The van der Waals surface area contributed by atoms with E-state index in [2.05, 4.69) is 15.5 Å². The molecule has 17 heavy (non-hydrogen) atoms. The average Bonchev–Trinajstić information content (AvgIpc) is 2.36. The highest BCUT2D eigenvalue weighted by Gasteiger charge is 2.09. The first-order chi connectivity index (χ1) is 8.33. The van der Waals surface area contributed by atoms with Crippen LogP contribution in [0.1, 0.15) is 19.3 Å². The van der Waals surface area contributed by atoms with Gasteiger partial charge in [-0.15, -0.1) is 0 Å². The van der Waals surface area contributed by atoms with Gasteiger partial charge in [-0.25, -0.2) is 0 Å². The van der Waals surface area contributed by atoms with Gasteiger partial charge in [0.15, 0.2) is 0 Å². The summed E-state index contributed by atoms with van der Waals surface area (Å²) in [5, 5.41) is 5.99. The van der Waals surface area contributed by atoms with E-state index >= 15 is 0 Å². The Morgan fingerprint density at radius 3 is 2.71 bits per heavy atom. The van der Waals surface area contributed by atoms with Gasteiger partial charge in [0.25, 0.3) is 0 Å². The SMILES string of the molecule is CNCCCC(=O)NCCCN1CCOCC1. The molecule has 0 aromatic carbocycles. The van der Waals surface area contributed by atoms with E-state index in [0.29, 0.717) is 6.42 Å². The zero-order valence-electron chi connectivity index (χ0n) is 10.8. The van der Waals surface area contributed by atoms with Crippen molar-refractivity contribution in [2.75, 3.05) is 53.0 Å². The van der Waals surface area contributed by atoms with Crippen LogP contribution in [0, 0.1) is 0 Å². The number of carbonyl (C=O) groups is 1. The first-order valence-electron chi connectivity index (χ1n) is 6.54. The standard InChI is InChI=1S/C12H25N3O2/c1-13-5-2-4-12(16)14-6-3-7-15-8-10-17-11-9-15/h13H,2-11H2,1H3,(H,14,16). The van der Waals surface area contributed by atoms with Crippen molar-refractivity contribution < 1.29 is 9.53 Å². The monoisotopic (exact) mass is 243 g/mol. The summed E-state index contributed by atoms with van der Waals surface area (Å²) in [4.78, 5) is 13.8. The largest absolute Gasteiger partial charge is 0.379 e. The van der Waals surface area contributed by atoms with Crippen LogP contribution in [0.4, 0.5) is 0 Å². The van der Waals surface area contributed by atoms with Gasteiger partial charge >= 0.3 is 0 Å². The summed E-state index contributed by atoms with van der Waals surface area (Å²) in [5.74, 6) is 0.169. The first-order valence-corrected chi connectivity index (χ1v) is 6.54. The van der Waals surface area contributed by atoms with E-state index in [0.717, 1.165) is 58.8 Å². The van der Waals surface area contributed by atoms with Gasteiger partial charge in [0.05, 0.1) is 13.2 Å². The van der Waals surface area contributed by atoms with Crippen LogP contribution in [0.2, 0.25) is 0 Å². The molecule has 1 heterocycles. The Morgan fingerprint density at radius 2 is 2.00 bits per heavy atom. The highest BCUT2D eigenvalue weighted by molar-refractivity contribution is 5.75. The molecule has 0 radical (unpaired) electrons. The number of rotatable bonds is 8. The predicted octanol–water partition coefficient (Wildman–Crippen LogP) is -0.175. The molecule has 0 aromatic heterocycles. The molecule has 1 aliphatic rings. The van der Waals surface area contributed by atoms with E-state index in [1.54, 1.807) is 0 Å². The lowest BCUT2D eigenvalue weighted by molar-refractivity contribution is -0.121. The van der Waals surface area contributed by atoms with Gasteiger partial charge in [-0.3, -0.25) is 9.69 Å². The summed E-state index contributed by atoms with van der Waals surface area (Å²) in [6.07, 6.45) is 2.56. The molecule has 1 fully saturated rings. The van der Waals surface area contributed by atoms with Crippen molar-refractivity contribution in [1.29, 1.82) is 0 Å². The molecule has 0 unspecified atom stereocenters. The number of hydrogen-bond donors (Lipinski definition) is 2. The van der Waals surface area contributed by atoms with Gasteiger partial charge in [-0.2, -0.15) is 0 Å². The zero-order valence-corrected chi connectivity index (χ0v) is 10.8. The molecular formula is C12H25N3O2. The molecule has 1 saturated heterocycles. The molecule has 1 amide bonds. The third-order valence-corrected chi connectivity index (χ3v) is 2.91. The first kappa shape index (κ1) is 14.4. The lowest BCUT2D eigenvalue weighted by Crippen LogP contribution is -2.38. The van der Waals surface area contributed by atoms with Gasteiger partial charge < -0.3 is 15.4 Å². The van der Waals surface area contributed by atoms with Crippen LogP contribution in [-0.4, -0.2) is 63.8 Å². The number of hydrogen-bond acceptors (Lipinski definition) is 4. The topological polar surface area (TPSA) is 53.6 Å². The van der Waals surface area contributed by atoms with Gasteiger partial charge in [0.2, 0.25) is 5.91 Å². The van der Waals surface area contributed by atoms with Crippen molar-refractivity contribution in [3.63, 3.8) is 0 Å². The number of morpholine rings is 1. The minimum atomic E-state index is 0.169. The maximum Gasteiger partial charge on any atom is 0.220 e. The maximum absolute atomic E-state index is 11.4. The normalized spacial score (nSPS) is 17.0. The lowest BCUT2D eigenvalue weighted by Gasteiger charge is -2.26. The molecule has 0 aromatic rings. The van der Waals surface area contributed by atoms with Gasteiger partial charge in [-0.05, 0) is 33.0 Å². The molecule has 0 saturated carbocycles. The Labute approximate surface area is 104 Å². The highest BCUT2D eigenvalue weighted by atomic mass is 16.5. The minimum Gasteiger partial charge on any atom is -0.379 e. The van der Waals surface area contributed by atoms with Crippen LogP contribution in [0.25, 0.3) is 0 Å². The Hall–Kier alpha value is -0.650. The second kappa shape index (κ2) is 9.39. The van der Waals surface area contributed by atoms with E-state index in [1.165, 1.54) is 0 Å². The number of nitrogens with one attached hydrogen (secondary N) is 2. The lowest BCUT2D eigenvalue weighted by atomic mass is 10.3. The van der Waals surface area contributed by atoms with Crippen molar-refractivity contribution >= 4 is 5.91 Å². The van der Waals surface area contributed by atoms with Crippen LogP contribution in [0.3, 0.4) is 0 Å². The smallest absolute Gasteiger partial charge is 0.220 e. The van der Waals surface area contributed by atoms with Crippen LogP contribution >= 0.6 is 0 Å². The van der Waals surface area contributed by atoms with Crippen molar-refractivity contribution in [1.82, 2.24) is 15.5 Å². The molecule has 2 N–H and O–H groups in total. The third-order valence-electron chi connectivity index (χ3n) is 2.91. The minimum absolute atomic E-state index is 0.169. The summed E-state index contributed by atoms with van der Waals surface area (Å²) in [6, 6.07) is 0. The Bertz CT molecular complexity index is 206. The summed E-state index contributed by atoms with van der Waals surface area (Å²) in [7, 11) is 1.90. The van der Waals surface area contributed by atoms with Crippen LogP contribution in [-0.2, 0) is 9.53 Å². The van der Waals surface area contributed by atoms with E-state index < -0.39 is 0 Å². The number of ether oxygens (including phenoxy) is 1. The second-order valence-corrected chi connectivity index (χ2v) is 4.36. The Morgan fingerprint density at radius 1 is 1.24 bits per heavy atom. The molecule has 1 aliphatic heterocycles. The van der Waals surface area contributed by atoms with Gasteiger partial charge in [0.1, 0.15) is 0 Å². The maximum atomic E-state index is 11.4. The van der Waals surface area contributed by atoms with Gasteiger partial charge in [0, 0.05) is 26.1 Å². The predicted molar refractivity (Wildman–Crippen MR) is 68.0 cm³/mol. The third kappa shape index (κ3) is 7.31. The fourth-order valence-electron chi connectivity index (χ4n) is 1.87. The second-order valence-electron chi connectivity index (χ2n) is 4.36. The van der Waals surface area contributed by atoms with E-state index in [9.17, 15) is 4.79 Å². The summed E-state index contributed by atoms with van der Waals surface area (Å²) >= 11 is 0. The fourth-order valence-corrected chi connectivity index (χ4v) is 1.87. The van der Waals surface area contributed by atoms with E-state index in [1.807, 2.05) is 7.05 Å². The van der Waals surface area contributed by atoms with Crippen molar-refractivity contribution in [3.8, 4) is 0 Å². The molecule has 5 nitrogen and oxygen atoms in total. The Kier molecular flexibility index (Phi) is 7.96. The number of nitrogens with zero attached hydrogens (tertiary/aromatic N) is 1. The van der Waals surface area contributed by atoms with Crippen molar-refractivity contribution in [2.24, 2.45) is 0 Å². The van der Waals surface area contributed by atoms with Crippen LogP contribution in [0.15, 0.2) is 0 Å². The zero-order chi connectivity index (χ0) is 12.3. The quantitative estimate of drug-likeness (QED) is 0.581.